The van der Waals surface area contributed by atoms with Crippen molar-refractivity contribution >= 4 is 18.5 Å². The van der Waals surface area contributed by atoms with Gasteiger partial charge in [-0.05, 0) is 47.8 Å². The summed E-state index contributed by atoms with van der Waals surface area (Å²) in [5.41, 5.74) is 3.17. The minimum atomic E-state index is -0.939. The summed E-state index contributed by atoms with van der Waals surface area (Å²) in [6.45, 7) is 2.35. The zero-order chi connectivity index (χ0) is 15.7. The minimum absolute atomic E-state index is 0.0649. The lowest BCUT2D eigenvalue weighted by molar-refractivity contribution is 0.0742. The van der Waals surface area contributed by atoms with Crippen molar-refractivity contribution in [2.24, 2.45) is 0 Å². The molecule has 1 atom stereocenters. The second-order valence-electron chi connectivity index (χ2n) is 5.45. The fourth-order valence-corrected chi connectivity index (χ4v) is 2.59. The molecular weight excluding hydrogens is 279 g/mol. The fraction of sp³-hybridized carbons (Fsp3) is 0.250. The van der Waals surface area contributed by atoms with Crippen LogP contribution >= 0.6 is 0 Å². The first kappa shape index (κ1) is 14.7. The van der Waals surface area contributed by atoms with E-state index >= 15 is 0 Å². The summed E-state index contributed by atoms with van der Waals surface area (Å²) in [6.07, 6.45) is 3.43. The van der Waals surface area contributed by atoms with Crippen molar-refractivity contribution in [3.05, 3.63) is 59.4 Å². The molecule has 2 heterocycles. The molecule has 2 aromatic rings. The zero-order valence-electron chi connectivity index (χ0n) is 12.6. The maximum Gasteiger partial charge on any atom is 0.491 e. The number of carbonyl (C=O) groups excluding carboxylic acids is 1. The first-order chi connectivity index (χ1) is 10.6. The summed E-state index contributed by atoms with van der Waals surface area (Å²) in [4.78, 5) is 18.3. The molecule has 1 unspecified atom stereocenters. The topological polar surface area (TPSA) is 62.7 Å². The van der Waals surface area contributed by atoms with Crippen LogP contribution in [0.5, 0.6) is 0 Å². The van der Waals surface area contributed by atoms with Gasteiger partial charge in [-0.1, -0.05) is 6.07 Å². The molecule has 1 aromatic heterocycles. The van der Waals surface area contributed by atoms with E-state index in [9.17, 15) is 9.82 Å². The van der Waals surface area contributed by atoms with E-state index in [1.807, 2.05) is 25.1 Å². The zero-order valence-corrected chi connectivity index (χ0v) is 12.6. The fourth-order valence-electron chi connectivity index (χ4n) is 2.59. The van der Waals surface area contributed by atoms with Gasteiger partial charge in [0.25, 0.3) is 5.91 Å². The van der Waals surface area contributed by atoms with Crippen molar-refractivity contribution in [2.45, 2.75) is 19.6 Å². The molecule has 0 spiro atoms. The Morgan fingerprint density at radius 2 is 2.09 bits per heavy atom. The maximum atomic E-state index is 12.7. The highest BCUT2D eigenvalue weighted by Crippen LogP contribution is 2.20. The third kappa shape index (κ3) is 2.63. The number of aromatic nitrogens is 1. The van der Waals surface area contributed by atoms with Gasteiger partial charge in [-0.25, -0.2) is 0 Å². The summed E-state index contributed by atoms with van der Waals surface area (Å²) < 4.78 is 5.16. The monoisotopic (exact) mass is 296 g/mol. The Morgan fingerprint density at radius 3 is 2.82 bits per heavy atom. The molecule has 3 rings (SSSR count). The van der Waals surface area contributed by atoms with Gasteiger partial charge in [0.2, 0.25) is 0 Å². The van der Waals surface area contributed by atoms with Crippen molar-refractivity contribution in [3.8, 4) is 0 Å². The molecule has 22 heavy (non-hydrogen) atoms. The lowest BCUT2D eigenvalue weighted by atomic mass is 9.78. The molecule has 0 saturated heterocycles. The van der Waals surface area contributed by atoms with Crippen LogP contribution in [0.25, 0.3) is 0 Å². The molecular formula is C16H17BN2O3. The molecule has 0 fully saturated rings. The van der Waals surface area contributed by atoms with Gasteiger partial charge in [0.1, 0.15) is 0 Å². The number of nitrogens with zero attached hydrogens (tertiary/aromatic N) is 2. The van der Waals surface area contributed by atoms with Gasteiger partial charge in [-0.3, -0.25) is 9.78 Å². The maximum absolute atomic E-state index is 12.7. The molecule has 0 aliphatic carbocycles. The van der Waals surface area contributed by atoms with Crippen LogP contribution in [0.15, 0.2) is 42.7 Å². The van der Waals surface area contributed by atoms with E-state index in [0.717, 1.165) is 11.1 Å². The first-order valence-electron chi connectivity index (χ1n) is 7.17. The molecule has 1 aromatic carbocycles. The lowest BCUT2D eigenvalue weighted by Gasteiger charge is -2.25. The Kier molecular flexibility index (Phi) is 3.96. The van der Waals surface area contributed by atoms with Gasteiger partial charge < -0.3 is 14.6 Å². The lowest BCUT2D eigenvalue weighted by Crippen LogP contribution is -2.32. The number of pyridine rings is 1. The molecule has 0 saturated carbocycles. The Morgan fingerprint density at radius 1 is 1.36 bits per heavy atom. The Bertz CT molecular complexity index is 693. The summed E-state index contributed by atoms with van der Waals surface area (Å²) in [6, 6.07) is 9.06. The van der Waals surface area contributed by atoms with Crippen LogP contribution < -0.4 is 5.46 Å². The molecule has 5 nitrogen and oxygen atoms in total. The summed E-state index contributed by atoms with van der Waals surface area (Å²) >= 11 is 0. The number of carbonyl (C=O) groups is 1. The molecule has 1 amide bonds. The standard InChI is InChI=1S/C16H17BN2O3/c1-11(12-5-7-18-8-6-12)19(2)16(20)13-3-4-14-10-22-17(21)15(14)9-13/h3-9,11,21H,10H2,1-2H3. The highest BCUT2D eigenvalue weighted by Gasteiger charge is 2.29. The molecule has 0 radical (unpaired) electrons. The quantitative estimate of drug-likeness (QED) is 0.863. The van der Waals surface area contributed by atoms with Crippen molar-refractivity contribution in [2.75, 3.05) is 7.05 Å². The smallest absolute Gasteiger partial charge is 0.423 e. The van der Waals surface area contributed by atoms with E-state index in [0.29, 0.717) is 17.6 Å². The summed E-state index contributed by atoms with van der Waals surface area (Å²) in [5, 5.41) is 9.76. The van der Waals surface area contributed by atoms with E-state index in [1.54, 1.807) is 36.5 Å². The number of hydrogen-bond acceptors (Lipinski definition) is 4. The van der Waals surface area contributed by atoms with Crippen molar-refractivity contribution in [3.63, 3.8) is 0 Å². The minimum Gasteiger partial charge on any atom is -0.423 e. The van der Waals surface area contributed by atoms with E-state index in [-0.39, 0.29) is 11.9 Å². The SMILES string of the molecule is CC(c1ccncc1)N(C)C(=O)c1ccc2c(c1)B(O)OC2. The molecule has 1 aliphatic rings. The Hall–Kier alpha value is -2.18. The number of rotatable bonds is 3. The number of benzene rings is 1. The third-order valence-electron chi connectivity index (χ3n) is 4.15. The number of fused-ring (bicyclic) bond motifs is 1. The summed E-state index contributed by atoms with van der Waals surface area (Å²) in [7, 11) is 0.832. The van der Waals surface area contributed by atoms with E-state index < -0.39 is 7.12 Å². The van der Waals surface area contributed by atoms with E-state index in [1.165, 1.54) is 0 Å². The van der Waals surface area contributed by atoms with Crippen molar-refractivity contribution in [1.82, 2.24) is 9.88 Å². The van der Waals surface area contributed by atoms with Crippen LogP contribution in [0, 0.1) is 0 Å². The Labute approximate surface area is 129 Å². The second-order valence-corrected chi connectivity index (χ2v) is 5.45. The predicted octanol–water partition coefficient (Wildman–Crippen LogP) is 1.13. The highest BCUT2D eigenvalue weighted by atomic mass is 16.5. The number of hydrogen-bond donors (Lipinski definition) is 1. The van der Waals surface area contributed by atoms with Crippen LogP contribution in [0.1, 0.15) is 34.5 Å². The summed E-state index contributed by atoms with van der Waals surface area (Å²) in [5.74, 6) is -0.0915. The molecule has 1 aliphatic heterocycles. The van der Waals surface area contributed by atoms with E-state index in [2.05, 4.69) is 4.98 Å². The number of amides is 1. The van der Waals surface area contributed by atoms with Crippen molar-refractivity contribution in [1.29, 1.82) is 0 Å². The Balaban J connectivity index is 1.83. The average Bonchev–Trinajstić information content (AvgIpc) is 2.94. The largest absolute Gasteiger partial charge is 0.491 e. The van der Waals surface area contributed by atoms with Gasteiger partial charge in [0.15, 0.2) is 0 Å². The van der Waals surface area contributed by atoms with Gasteiger partial charge in [0, 0.05) is 25.0 Å². The van der Waals surface area contributed by atoms with Crippen LogP contribution in [-0.2, 0) is 11.3 Å². The van der Waals surface area contributed by atoms with Gasteiger partial charge >= 0.3 is 7.12 Å². The van der Waals surface area contributed by atoms with Crippen LogP contribution in [0.3, 0.4) is 0 Å². The first-order valence-corrected chi connectivity index (χ1v) is 7.17. The van der Waals surface area contributed by atoms with Crippen LogP contribution in [0.4, 0.5) is 0 Å². The van der Waals surface area contributed by atoms with Gasteiger partial charge in [0.05, 0.1) is 12.6 Å². The van der Waals surface area contributed by atoms with Crippen LogP contribution in [0.2, 0.25) is 0 Å². The molecule has 6 heteroatoms. The highest BCUT2D eigenvalue weighted by molar-refractivity contribution is 6.61. The second kappa shape index (κ2) is 5.91. The molecule has 0 bridgehead atoms. The van der Waals surface area contributed by atoms with Crippen molar-refractivity contribution < 1.29 is 14.5 Å². The molecule has 1 N–H and O–H groups in total. The van der Waals surface area contributed by atoms with Crippen LogP contribution in [-0.4, -0.2) is 35.0 Å². The normalized spacial score (nSPS) is 14.6. The van der Waals surface area contributed by atoms with Gasteiger partial charge in [-0.2, -0.15) is 0 Å². The predicted molar refractivity (Wildman–Crippen MR) is 83.6 cm³/mol. The molecule has 112 valence electrons. The van der Waals surface area contributed by atoms with Gasteiger partial charge in [-0.15, -0.1) is 0 Å². The third-order valence-corrected chi connectivity index (χ3v) is 4.15. The van der Waals surface area contributed by atoms with E-state index in [4.69, 9.17) is 4.65 Å². The average molecular weight is 296 g/mol.